The quantitative estimate of drug-likeness (QED) is 0.759. The van der Waals surface area contributed by atoms with Crippen LogP contribution in [-0.4, -0.2) is 35.3 Å². The molecule has 2 aromatic carbocycles. The Bertz CT molecular complexity index is 790. The van der Waals surface area contributed by atoms with Gasteiger partial charge in [-0.15, -0.1) is 0 Å². The summed E-state index contributed by atoms with van der Waals surface area (Å²) < 4.78 is 5.94. The molecule has 1 N–H and O–H groups in total. The Morgan fingerprint density at radius 3 is 1.97 bits per heavy atom. The molecule has 2 saturated heterocycles. The highest BCUT2D eigenvalue weighted by Gasteiger charge is 2.48. The first-order chi connectivity index (χ1) is 13.9. The molecule has 2 aliphatic rings. The Balaban J connectivity index is 1.69. The molecular weight excluding hydrogens is 358 g/mol. The number of ether oxygens (including phenoxy) is 1. The van der Waals surface area contributed by atoms with Gasteiger partial charge < -0.3 is 9.84 Å². The maximum Gasteiger partial charge on any atom is 0.0933 e. The molecule has 0 spiro atoms. The minimum atomic E-state index is -0.785. The highest BCUT2D eigenvalue weighted by Crippen LogP contribution is 2.46. The van der Waals surface area contributed by atoms with Crippen LogP contribution in [-0.2, 0) is 16.9 Å². The monoisotopic (exact) mass is 393 g/mol. The van der Waals surface area contributed by atoms with Crippen molar-refractivity contribution in [3.05, 3.63) is 70.8 Å². The van der Waals surface area contributed by atoms with Crippen LogP contribution >= 0.6 is 0 Å². The highest BCUT2D eigenvalue weighted by atomic mass is 16.5. The van der Waals surface area contributed by atoms with Crippen LogP contribution in [0, 0.1) is 0 Å². The van der Waals surface area contributed by atoms with Gasteiger partial charge >= 0.3 is 0 Å². The first-order valence-electron chi connectivity index (χ1n) is 11.1. The Morgan fingerprint density at radius 2 is 1.45 bits per heavy atom. The maximum absolute atomic E-state index is 12.1. The molecule has 2 aliphatic heterocycles. The molecular formula is C26H35NO2. The van der Waals surface area contributed by atoms with E-state index in [9.17, 15) is 5.11 Å². The van der Waals surface area contributed by atoms with E-state index in [0.29, 0.717) is 25.0 Å². The molecule has 3 nitrogen and oxygen atoms in total. The lowest BCUT2D eigenvalue weighted by Crippen LogP contribution is -2.60. The number of benzene rings is 2. The summed E-state index contributed by atoms with van der Waals surface area (Å²) in [5, 5.41) is 12.1. The van der Waals surface area contributed by atoms with E-state index >= 15 is 0 Å². The first kappa shape index (κ1) is 20.6. The first-order valence-corrected chi connectivity index (χ1v) is 11.1. The lowest BCUT2D eigenvalue weighted by Gasteiger charge is -2.52. The minimum Gasteiger partial charge on any atom is -0.385 e. The Hall–Kier alpha value is -1.68. The molecule has 0 aromatic heterocycles. The van der Waals surface area contributed by atoms with Crippen LogP contribution in [0.3, 0.4) is 0 Å². The van der Waals surface area contributed by atoms with Crippen molar-refractivity contribution in [2.75, 3.05) is 13.2 Å². The molecule has 3 heteroatoms. The van der Waals surface area contributed by atoms with Gasteiger partial charge in [0.15, 0.2) is 0 Å². The molecule has 0 radical (unpaired) electrons. The van der Waals surface area contributed by atoms with E-state index < -0.39 is 5.60 Å². The zero-order valence-corrected chi connectivity index (χ0v) is 18.3. The third-order valence-electron chi connectivity index (χ3n) is 6.75. The van der Waals surface area contributed by atoms with Crippen LogP contribution < -0.4 is 0 Å². The van der Waals surface area contributed by atoms with Crippen LogP contribution in [0.25, 0.3) is 0 Å². The van der Waals surface area contributed by atoms with E-state index in [-0.39, 0.29) is 12.1 Å². The number of nitrogens with zero attached hydrogens (tertiary/aromatic N) is 1. The number of fused-ring (bicyclic) bond motifs is 2. The lowest BCUT2D eigenvalue weighted by molar-refractivity contribution is -0.150. The second kappa shape index (κ2) is 8.22. The Labute approximate surface area is 175 Å². The number of piperidine rings is 1. The molecule has 0 amide bonds. The van der Waals surface area contributed by atoms with Gasteiger partial charge in [-0.05, 0) is 46.9 Å². The number of hydrogen-bond acceptors (Lipinski definition) is 3. The molecule has 4 rings (SSSR count). The molecule has 2 bridgehead atoms. The zero-order chi connectivity index (χ0) is 20.6. The van der Waals surface area contributed by atoms with Crippen molar-refractivity contribution in [1.29, 1.82) is 0 Å². The fourth-order valence-electron chi connectivity index (χ4n) is 5.39. The van der Waals surface area contributed by atoms with Crippen LogP contribution in [0.2, 0.25) is 0 Å². The minimum absolute atomic E-state index is 0.243. The molecule has 29 heavy (non-hydrogen) atoms. The summed E-state index contributed by atoms with van der Waals surface area (Å²) >= 11 is 0. The van der Waals surface area contributed by atoms with E-state index in [1.807, 2.05) is 0 Å². The average molecular weight is 394 g/mol. The molecule has 2 fully saturated rings. The van der Waals surface area contributed by atoms with Crippen LogP contribution in [0.4, 0.5) is 0 Å². The molecule has 2 heterocycles. The van der Waals surface area contributed by atoms with Crippen LogP contribution in [0.1, 0.15) is 74.6 Å². The van der Waals surface area contributed by atoms with Gasteiger partial charge in [-0.3, -0.25) is 4.90 Å². The summed E-state index contributed by atoms with van der Waals surface area (Å²) in [6, 6.07) is 17.8. The van der Waals surface area contributed by atoms with Crippen LogP contribution in [0.15, 0.2) is 48.5 Å². The number of rotatable bonds is 5. The van der Waals surface area contributed by atoms with Crippen molar-refractivity contribution in [3.63, 3.8) is 0 Å². The van der Waals surface area contributed by atoms with Gasteiger partial charge in [-0.1, -0.05) is 76.2 Å². The molecule has 2 atom stereocenters. The summed E-state index contributed by atoms with van der Waals surface area (Å²) in [6.45, 7) is 11.3. The van der Waals surface area contributed by atoms with E-state index in [1.54, 1.807) is 0 Å². The summed E-state index contributed by atoms with van der Waals surface area (Å²) in [7, 11) is 0. The second-order valence-corrected chi connectivity index (χ2v) is 9.56. The van der Waals surface area contributed by atoms with Crippen LogP contribution in [0.5, 0.6) is 0 Å². The van der Waals surface area contributed by atoms with E-state index in [0.717, 1.165) is 19.4 Å². The van der Waals surface area contributed by atoms with Gasteiger partial charge in [0.1, 0.15) is 0 Å². The smallest absolute Gasteiger partial charge is 0.0933 e. The zero-order valence-electron chi connectivity index (χ0n) is 18.3. The van der Waals surface area contributed by atoms with Crippen molar-refractivity contribution in [2.45, 2.75) is 76.6 Å². The number of hydrogen-bond donors (Lipinski definition) is 1. The summed E-state index contributed by atoms with van der Waals surface area (Å²) in [4.78, 5) is 2.57. The molecule has 2 aromatic rings. The third-order valence-corrected chi connectivity index (χ3v) is 6.75. The van der Waals surface area contributed by atoms with Crippen molar-refractivity contribution < 1.29 is 9.84 Å². The topological polar surface area (TPSA) is 32.7 Å². The summed E-state index contributed by atoms with van der Waals surface area (Å²) in [6.07, 6.45) is 1.47. The van der Waals surface area contributed by atoms with Gasteiger partial charge in [0.05, 0.1) is 18.8 Å². The van der Waals surface area contributed by atoms with Crippen molar-refractivity contribution in [1.82, 2.24) is 4.90 Å². The average Bonchev–Trinajstić information content (AvgIpc) is 2.69. The molecule has 156 valence electrons. The predicted octanol–water partition coefficient (Wildman–Crippen LogP) is 5.18. The van der Waals surface area contributed by atoms with Gasteiger partial charge in [0, 0.05) is 18.6 Å². The molecule has 0 aliphatic carbocycles. The SMILES string of the molecule is CC(C)c1cccc(C(C)C)c1C1(O)CC2COCC(C1)N2Cc1ccccc1. The third kappa shape index (κ3) is 4.01. The van der Waals surface area contributed by atoms with Gasteiger partial charge in [0.2, 0.25) is 0 Å². The highest BCUT2D eigenvalue weighted by molar-refractivity contribution is 5.44. The molecule has 0 saturated carbocycles. The summed E-state index contributed by atoms with van der Waals surface area (Å²) in [5.41, 5.74) is 4.34. The normalized spacial score (nSPS) is 27.6. The summed E-state index contributed by atoms with van der Waals surface area (Å²) in [5.74, 6) is 0.789. The van der Waals surface area contributed by atoms with Crippen molar-refractivity contribution in [3.8, 4) is 0 Å². The lowest BCUT2D eigenvalue weighted by atomic mass is 9.71. The van der Waals surface area contributed by atoms with Gasteiger partial charge in [-0.2, -0.15) is 0 Å². The molecule has 2 unspecified atom stereocenters. The van der Waals surface area contributed by atoms with E-state index in [2.05, 4.69) is 81.1 Å². The van der Waals surface area contributed by atoms with E-state index in [1.165, 1.54) is 22.3 Å². The number of aliphatic hydroxyl groups is 1. The second-order valence-electron chi connectivity index (χ2n) is 9.56. The van der Waals surface area contributed by atoms with Crippen molar-refractivity contribution >= 4 is 0 Å². The number of morpholine rings is 1. The fraction of sp³-hybridized carbons (Fsp3) is 0.538. The van der Waals surface area contributed by atoms with Gasteiger partial charge in [0.25, 0.3) is 0 Å². The standard InChI is InChI=1S/C26H35NO2/c1-18(2)23-11-8-12-24(19(3)4)25(23)26(28)13-21-16-29-17-22(14-26)27(21)15-20-9-6-5-7-10-20/h5-12,18-19,21-22,28H,13-17H2,1-4H3. The maximum atomic E-state index is 12.1. The van der Waals surface area contributed by atoms with E-state index in [4.69, 9.17) is 4.74 Å². The van der Waals surface area contributed by atoms with Crippen molar-refractivity contribution in [2.24, 2.45) is 0 Å². The fourth-order valence-corrected chi connectivity index (χ4v) is 5.39. The van der Waals surface area contributed by atoms with Gasteiger partial charge in [-0.25, -0.2) is 0 Å². The Morgan fingerprint density at radius 1 is 0.897 bits per heavy atom. The Kier molecular flexibility index (Phi) is 5.83. The largest absolute Gasteiger partial charge is 0.385 e. The predicted molar refractivity (Wildman–Crippen MR) is 118 cm³/mol.